The molecule has 0 unspecified atom stereocenters. The molecule has 0 aromatic heterocycles. The number of likely N-dealkylation sites (N-methyl/N-ethyl adjacent to an activating group) is 1. The predicted molar refractivity (Wildman–Crippen MR) is 77.7 cm³/mol. The van der Waals surface area contributed by atoms with Crippen LogP contribution in [0.25, 0.3) is 0 Å². The largest absolute Gasteiger partial charge is 0.478 e. The molecule has 104 valence electrons. The number of nitrogens with zero attached hydrogens (tertiary/aromatic N) is 1. The number of nitrogens with one attached hydrogen (secondary N) is 1. The number of rotatable bonds is 5. The van der Waals surface area contributed by atoms with Crippen molar-refractivity contribution in [3.05, 3.63) is 28.2 Å². The number of aromatic carboxylic acids is 1. The zero-order chi connectivity index (χ0) is 14.6. The molecule has 0 aliphatic rings. The second-order valence-corrected chi connectivity index (χ2v) is 5.40. The number of anilines is 1. The lowest BCUT2D eigenvalue weighted by atomic mass is 10.2. The minimum Gasteiger partial charge on any atom is -0.478 e. The summed E-state index contributed by atoms with van der Waals surface area (Å²) in [7, 11) is 1.78. The number of hydrogen-bond donors (Lipinski definition) is 2. The molecule has 0 radical (unpaired) electrons. The second kappa shape index (κ2) is 6.56. The summed E-state index contributed by atoms with van der Waals surface area (Å²) in [5, 5.41) is 11.7. The highest BCUT2D eigenvalue weighted by atomic mass is 79.9. The average molecular weight is 329 g/mol. The zero-order valence-electron chi connectivity index (χ0n) is 11.1. The second-order valence-electron chi connectivity index (χ2n) is 4.55. The molecule has 19 heavy (non-hydrogen) atoms. The number of carboxylic acids is 1. The van der Waals surface area contributed by atoms with Crippen molar-refractivity contribution in [2.75, 3.05) is 18.5 Å². The van der Waals surface area contributed by atoms with Crippen molar-refractivity contribution in [2.24, 2.45) is 0 Å². The van der Waals surface area contributed by atoms with Gasteiger partial charge in [-0.2, -0.15) is 0 Å². The molecule has 0 saturated heterocycles. The fourth-order valence-corrected chi connectivity index (χ4v) is 2.30. The summed E-state index contributed by atoms with van der Waals surface area (Å²) in [4.78, 5) is 24.3. The first-order chi connectivity index (χ1) is 8.81. The van der Waals surface area contributed by atoms with Crippen LogP contribution in [0.1, 0.15) is 24.2 Å². The van der Waals surface area contributed by atoms with Gasteiger partial charge in [-0.1, -0.05) is 0 Å². The van der Waals surface area contributed by atoms with Gasteiger partial charge >= 0.3 is 5.97 Å². The molecule has 6 heteroatoms. The van der Waals surface area contributed by atoms with Crippen LogP contribution in [0.15, 0.2) is 22.7 Å². The van der Waals surface area contributed by atoms with Crippen molar-refractivity contribution in [2.45, 2.75) is 19.9 Å². The molecule has 1 amide bonds. The van der Waals surface area contributed by atoms with E-state index in [1.165, 1.54) is 12.1 Å². The van der Waals surface area contributed by atoms with E-state index in [0.717, 1.165) is 5.69 Å². The molecule has 0 aliphatic heterocycles. The van der Waals surface area contributed by atoms with Crippen molar-refractivity contribution in [1.82, 2.24) is 5.32 Å². The van der Waals surface area contributed by atoms with Crippen LogP contribution in [-0.4, -0.2) is 36.6 Å². The van der Waals surface area contributed by atoms with Crippen LogP contribution >= 0.6 is 15.9 Å². The third-order valence-corrected chi connectivity index (χ3v) is 3.07. The molecule has 1 aromatic rings. The van der Waals surface area contributed by atoms with E-state index in [1.807, 2.05) is 13.8 Å². The van der Waals surface area contributed by atoms with Crippen molar-refractivity contribution in [3.63, 3.8) is 0 Å². The Morgan fingerprint density at radius 3 is 2.53 bits per heavy atom. The lowest BCUT2D eigenvalue weighted by Crippen LogP contribution is -2.38. The Bertz CT molecular complexity index is 489. The Hall–Kier alpha value is -1.56. The van der Waals surface area contributed by atoms with Crippen LogP contribution in [0.5, 0.6) is 0 Å². The van der Waals surface area contributed by atoms with Gasteiger partial charge in [0, 0.05) is 17.6 Å². The molecule has 0 atom stereocenters. The number of amides is 1. The standard InChI is InChI=1S/C13H17BrN2O3/c1-8(2)15-12(17)7-16(3)11-5-4-9(13(18)19)6-10(11)14/h4-6,8H,7H2,1-3H3,(H,15,17)(H,18,19). The van der Waals surface area contributed by atoms with Gasteiger partial charge < -0.3 is 15.3 Å². The highest BCUT2D eigenvalue weighted by molar-refractivity contribution is 9.10. The topological polar surface area (TPSA) is 69.6 Å². The van der Waals surface area contributed by atoms with Crippen molar-refractivity contribution in [1.29, 1.82) is 0 Å². The van der Waals surface area contributed by atoms with Gasteiger partial charge in [0.15, 0.2) is 0 Å². The third-order valence-electron chi connectivity index (χ3n) is 2.44. The molecule has 0 aliphatic carbocycles. The molecule has 2 N–H and O–H groups in total. The Morgan fingerprint density at radius 2 is 2.05 bits per heavy atom. The third kappa shape index (κ3) is 4.55. The van der Waals surface area contributed by atoms with E-state index in [4.69, 9.17) is 5.11 Å². The van der Waals surface area contributed by atoms with Gasteiger partial charge in [-0.05, 0) is 48.0 Å². The Kier molecular flexibility index (Phi) is 5.35. The van der Waals surface area contributed by atoms with Crippen molar-refractivity contribution >= 4 is 33.5 Å². The Labute approximate surface area is 120 Å². The van der Waals surface area contributed by atoms with E-state index >= 15 is 0 Å². The maximum absolute atomic E-state index is 11.7. The van der Waals surface area contributed by atoms with Gasteiger partial charge in [0.1, 0.15) is 0 Å². The van der Waals surface area contributed by atoms with Crippen molar-refractivity contribution in [3.8, 4) is 0 Å². The number of carbonyl (C=O) groups is 2. The van der Waals surface area contributed by atoms with Crippen LogP contribution < -0.4 is 10.2 Å². The first-order valence-corrected chi connectivity index (χ1v) is 6.64. The van der Waals surface area contributed by atoms with Gasteiger partial charge in [-0.25, -0.2) is 4.79 Å². The summed E-state index contributed by atoms with van der Waals surface area (Å²) in [6.07, 6.45) is 0. The van der Waals surface area contributed by atoms with Crippen LogP contribution in [0.3, 0.4) is 0 Å². The zero-order valence-corrected chi connectivity index (χ0v) is 12.7. The quantitative estimate of drug-likeness (QED) is 0.868. The summed E-state index contributed by atoms with van der Waals surface area (Å²) in [6, 6.07) is 4.81. The van der Waals surface area contributed by atoms with E-state index < -0.39 is 5.97 Å². The van der Waals surface area contributed by atoms with Gasteiger partial charge in [-0.3, -0.25) is 4.79 Å². The number of carbonyl (C=O) groups excluding carboxylic acids is 1. The first kappa shape index (κ1) is 15.5. The van der Waals surface area contributed by atoms with E-state index in [0.29, 0.717) is 4.47 Å². The number of halogens is 1. The Balaban J connectivity index is 2.80. The molecular weight excluding hydrogens is 312 g/mol. The van der Waals surface area contributed by atoms with E-state index in [9.17, 15) is 9.59 Å². The highest BCUT2D eigenvalue weighted by Crippen LogP contribution is 2.26. The predicted octanol–water partition coefficient (Wildman–Crippen LogP) is 2.11. The summed E-state index contributed by atoms with van der Waals surface area (Å²) in [5.41, 5.74) is 0.972. The van der Waals surface area contributed by atoms with Gasteiger partial charge in [0.05, 0.1) is 17.8 Å². The maximum atomic E-state index is 11.7. The molecule has 0 spiro atoms. The Morgan fingerprint density at radius 1 is 1.42 bits per heavy atom. The molecule has 0 saturated carbocycles. The molecule has 0 fully saturated rings. The minimum absolute atomic E-state index is 0.0771. The fourth-order valence-electron chi connectivity index (χ4n) is 1.62. The number of hydrogen-bond acceptors (Lipinski definition) is 3. The summed E-state index contributed by atoms with van der Waals surface area (Å²) < 4.78 is 0.646. The van der Waals surface area contributed by atoms with Crippen LogP contribution in [0, 0.1) is 0 Å². The number of benzene rings is 1. The smallest absolute Gasteiger partial charge is 0.335 e. The molecule has 1 aromatic carbocycles. The molecule has 1 rings (SSSR count). The van der Waals surface area contributed by atoms with Gasteiger partial charge in [0.2, 0.25) is 5.91 Å². The lowest BCUT2D eigenvalue weighted by Gasteiger charge is -2.21. The van der Waals surface area contributed by atoms with Gasteiger partial charge in [0.25, 0.3) is 0 Å². The van der Waals surface area contributed by atoms with Crippen molar-refractivity contribution < 1.29 is 14.7 Å². The monoisotopic (exact) mass is 328 g/mol. The maximum Gasteiger partial charge on any atom is 0.335 e. The minimum atomic E-state index is -0.979. The van der Waals surface area contributed by atoms with Crippen LogP contribution in [0.2, 0.25) is 0 Å². The fraction of sp³-hybridized carbons (Fsp3) is 0.385. The molecule has 0 bridgehead atoms. The summed E-state index contributed by atoms with van der Waals surface area (Å²) in [5.74, 6) is -1.06. The molecular formula is C13H17BrN2O3. The van der Waals surface area contributed by atoms with E-state index in [1.54, 1.807) is 18.0 Å². The van der Waals surface area contributed by atoms with E-state index in [2.05, 4.69) is 21.2 Å². The summed E-state index contributed by atoms with van der Waals surface area (Å²) >= 11 is 3.32. The average Bonchev–Trinajstić information content (AvgIpc) is 2.26. The molecule has 0 heterocycles. The molecule has 5 nitrogen and oxygen atoms in total. The number of carboxylic acid groups (broad SMARTS) is 1. The SMILES string of the molecule is CC(C)NC(=O)CN(C)c1ccc(C(=O)O)cc1Br. The van der Waals surface area contributed by atoms with Gasteiger partial charge in [-0.15, -0.1) is 0 Å². The van der Waals surface area contributed by atoms with Crippen LogP contribution in [-0.2, 0) is 4.79 Å². The first-order valence-electron chi connectivity index (χ1n) is 5.84. The normalized spacial score (nSPS) is 10.4. The van der Waals surface area contributed by atoms with E-state index in [-0.39, 0.29) is 24.1 Å². The highest BCUT2D eigenvalue weighted by Gasteiger charge is 2.13. The lowest BCUT2D eigenvalue weighted by molar-refractivity contribution is -0.120. The summed E-state index contributed by atoms with van der Waals surface area (Å²) in [6.45, 7) is 4.01. The van der Waals surface area contributed by atoms with Crippen LogP contribution in [0.4, 0.5) is 5.69 Å².